The maximum absolute atomic E-state index is 12.1. The molecule has 0 fully saturated rings. The van der Waals surface area contributed by atoms with Crippen LogP contribution in [-0.2, 0) is 0 Å². The summed E-state index contributed by atoms with van der Waals surface area (Å²) in [6.07, 6.45) is 3.36. The summed E-state index contributed by atoms with van der Waals surface area (Å²) in [4.78, 5) is 12.1. The van der Waals surface area contributed by atoms with Crippen LogP contribution in [0.5, 0.6) is 0 Å². The number of nitrogen functional groups attached to an aromatic ring is 1. The summed E-state index contributed by atoms with van der Waals surface area (Å²) in [5, 5.41) is 7.25. The first kappa shape index (κ1) is 13.4. The summed E-state index contributed by atoms with van der Waals surface area (Å²) < 4.78 is 1.76. The van der Waals surface area contributed by atoms with Gasteiger partial charge in [-0.2, -0.15) is 5.10 Å². The number of carbonyl (C=O) groups is 1. The first-order valence-corrected chi connectivity index (χ1v) is 6.26. The second-order valence-corrected chi connectivity index (χ2v) is 4.87. The highest BCUT2D eigenvalue weighted by molar-refractivity contribution is 6.34. The fraction of sp³-hybridized carbons (Fsp3) is 0.231. The quantitative estimate of drug-likeness (QED) is 0.848. The van der Waals surface area contributed by atoms with Crippen LogP contribution >= 0.6 is 11.6 Å². The summed E-state index contributed by atoms with van der Waals surface area (Å²) in [5.41, 5.74) is 7.03. The van der Waals surface area contributed by atoms with Gasteiger partial charge in [0.15, 0.2) is 0 Å². The van der Waals surface area contributed by atoms with Gasteiger partial charge in [0.25, 0.3) is 5.91 Å². The van der Waals surface area contributed by atoms with E-state index in [9.17, 15) is 4.79 Å². The molecule has 0 saturated carbocycles. The zero-order valence-corrected chi connectivity index (χ0v) is 11.5. The molecule has 2 rings (SSSR count). The first-order valence-electron chi connectivity index (χ1n) is 5.88. The number of hydrogen-bond donors (Lipinski definition) is 2. The lowest BCUT2D eigenvalue weighted by molar-refractivity contribution is 0.102. The lowest BCUT2D eigenvalue weighted by atomic mass is 10.1. The first-order chi connectivity index (χ1) is 8.99. The number of hydrogen-bond acceptors (Lipinski definition) is 3. The minimum absolute atomic E-state index is 0.238. The van der Waals surface area contributed by atoms with Crippen molar-refractivity contribution in [1.29, 1.82) is 0 Å². The Hall–Kier alpha value is -2.01. The third-order valence-electron chi connectivity index (χ3n) is 2.69. The molecule has 1 amide bonds. The standard InChI is InChI=1S/C13H15ClN4O/c1-8(2)18-7-9(6-16-18)17-13(19)10-4-3-5-11(14)12(10)15/h3-8H,15H2,1-2H3,(H,17,19). The average molecular weight is 279 g/mol. The van der Waals surface area contributed by atoms with Gasteiger partial charge in [-0.05, 0) is 26.0 Å². The number of rotatable bonds is 3. The van der Waals surface area contributed by atoms with E-state index in [2.05, 4.69) is 10.4 Å². The third kappa shape index (κ3) is 2.88. The second kappa shape index (κ2) is 5.32. The Morgan fingerprint density at radius 2 is 2.21 bits per heavy atom. The molecule has 0 atom stereocenters. The highest BCUT2D eigenvalue weighted by atomic mass is 35.5. The van der Waals surface area contributed by atoms with Crippen LogP contribution < -0.4 is 11.1 Å². The summed E-state index contributed by atoms with van der Waals surface area (Å²) in [6, 6.07) is 5.20. The number of carbonyl (C=O) groups excluding carboxylic acids is 1. The van der Waals surface area contributed by atoms with Gasteiger partial charge in [-0.3, -0.25) is 9.48 Å². The van der Waals surface area contributed by atoms with Crippen LogP contribution in [0.2, 0.25) is 5.02 Å². The van der Waals surface area contributed by atoms with Crippen molar-refractivity contribution in [2.24, 2.45) is 0 Å². The van der Waals surface area contributed by atoms with Gasteiger partial charge in [-0.25, -0.2) is 0 Å². The molecule has 0 unspecified atom stereocenters. The molecule has 0 aliphatic rings. The molecule has 1 heterocycles. The van der Waals surface area contributed by atoms with Crippen molar-refractivity contribution < 1.29 is 4.79 Å². The van der Waals surface area contributed by atoms with E-state index >= 15 is 0 Å². The van der Waals surface area contributed by atoms with Crippen molar-refractivity contribution in [2.45, 2.75) is 19.9 Å². The molecule has 0 saturated heterocycles. The van der Waals surface area contributed by atoms with E-state index in [1.807, 2.05) is 13.8 Å². The number of amides is 1. The van der Waals surface area contributed by atoms with Gasteiger partial charge in [0.05, 0.1) is 28.2 Å². The lowest BCUT2D eigenvalue weighted by Crippen LogP contribution is -2.13. The van der Waals surface area contributed by atoms with Crippen molar-refractivity contribution in [1.82, 2.24) is 9.78 Å². The SMILES string of the molecule is CC(C)n1cc(NC(=O)c2cccc(Cl)c2N)cn1. The third-order valence-corrected chi connectivity index (χ3v) is 3.02. The Balaban J connectivity index is 2.18. The fourth-order valence-electron chi connectivity index (χ4n) is 1.62. The predicted molar refractivity (Wildman–Crippen MR) is 76.4 cm³/mol. The molecular formula is C13H15ClN4O. The van der Waals surface area contributed by atoms with Crippen molar-refractivity contribution in [2.75, 3.05) is 11.1 Å². The number of nitrogens with zero attached hydrogens (tertiary/aromatic N) is 2. The normalized spacial score (nSPS) is 10.7. The predicted octanol–water partition coefficient (Wildman–Crippen LogP) is 2.95. The topological polar surface area (TPSA) is 72.9 Å². The van der Waals surface area contributed by atoms with E-state index in [4.69, 9.17) is 17.3 Å². The van der Waals surface area contributed by atoms with Gasteiger partial charge in [-0.1, -0.05) is 17.7 Å². The van der Waals surface area contributed by atoms with E-state index < -0.39 is 0 Å². The van der Waals surface area contributed by atoms with Crippen LogP contribution in [-0.4, -0.2) is 15.7 Å². The van der Waals surface area contributed by atoms with Crippen LogP contribution in [0.15, 0.2) is 30.6 Å². The number of nitrogens with one attached hydrogen (secondary N) is 1. The molecule has 0 aliphatic carbocycles. The lowest BCUT2D eigenvalue weighted by Gasteiger charge is -2.07. The molecule has 6 heteroatoms. The Bertz CT molecular complexity index is 606. The van der Waals surface area contributed by atoms with E-state index in [1.165, 1.54) is 0 Å². The zero-order valence-electron chi connectivity index (χ0n) is 10.7. The Morgan fingerprint density at radius 3 is 2.84 bits per heavy atom. The largest absolute Gasteiger partial charge is 0.397 e. The highest BCUT2D eigenvalue weighted by Gasteiger charge is 2.13. The summed E-state index contributed by atoms with van der Waals surface area (Å²) >= 11 is 5.89. The molecular weight excluding hydrogens is 264 g/mol. The van der Waals surface area contributed by atoms with Crippen LogP contribution in [0.4, 0.5) is 11.4 Å². The maximum atomic E-state index is 12.1. The molecule has 5 nitrogen and oxygen atoms in total. The van der Waals surface area contributed by atoms with Gasteiger partial charge >= 0.3 is 0 Å². The van der Waals surface area contributed by atoms with Crippen molar-refractivity contribution in [3.8, 4) is 0 Å². The van der Waals surface area contributed by atoms with Crippen LogP contribution in [0, 0.1) is 0 Å². The Labute approximate surface area is 116 Å². The van der Waals surface area contributed by atoms with E-state index in [0.29, 0.717) is 16.3 Å². The minimum atomic E-state index is -0.302. The molecule has 0 spiro atoms. The number of aromatic nitrogens is 2. The van der Waals surface area contributed by atoms with Gasteiger partial charge in [0, 0.05) is 12.2 Å². The molecule has 19 heavy (non-hydrogen) atoms. The number of anilines is 2. The minimum Gasteiger partial charge on any atom is -0.397 e. The molecule has 100 valence electrons. The summed E-state index contributed by atoms with van der Waals surface area (Å²) in [6.45, 7) is 4.01. The van der Waals surface area contributed by atoms with Crippen LogP contribution in [0.1, 0.15) is 30.2 Å². The smallest absolute Gasteiger partial charge is 0.257 e. The Kier molecular flexibility index (Phi) is 3.76. The summed E-state index contributed by atoms with van der Waals surface area (Å²) in [5.74, 6) is -0.302. The van der Waals surface area contributed by atoms with Crippen molar-refractivity contribution in [3.63, 3.8) is 0 Å². The van der Waals surface area contributed by atoms with E-state index in [0.717, 1.165) is 0 Å². The van der Waals surface area contributed by atoms with Crippen LogP contribution in [0.3, 0.4) is 0 Å². The fourth-order valence-corrected chi connectivity index (χ4v) is 1.79. The average Bonchev–Trinajstić information content (AvgIpc) is 2.81. The van der Waals surface area contributed by atoms with E-state index in [1.54, 1.807) is 35.3 Å². The number of benzene rings is 1. The molecule has 0 radical (unpaired) electrons. The number of halogens is 1. The van der Waals surface area contributed by atoms with Gasteiger partial charge in [0.1, 0.15) is 0 Å². The van der Waals surface area contributed by atoms with Gasteiger partial charge in [-0.15, -0.1) is 0 Å². The second-order valence-electron chi connectivity index (χ2n) is 4.46. The van der Waals surface area contributed by atoms with Crippen molar-refractivity contribution >= 4 is 28.9 Å². The molecule has 1 aromatic heterocycles. The monoisotopic (exact) mass is 278 g/mol. The maximum Gasteiger partial charge on any atom is 0.257 e. The number of nitrogens with two attached hydrogens (primary N) is 1. The van der Waals surface area contributed by atoms with Crippen molar-refractivity contribution in [3.05, 3.63) is 41.2 Å². The van der Waals surface area contributed by atoms with Crippen LogP contribution in [0.25, 0.3) is 0 Å². The molecule has 1 aromatic carbocycles. The molecule has 0 bridgehead atoms. The number of para-hydroxylation sites is 1. The summed E-state index contributed by atoms with van der Waals surface area (Å²) in [7, 11) is 0. The van der Waals surface area contributed by atoms with Gasteiger partial charge in [0.2, 0.25) is 0 Å². The zero-order chi connectivity index (χ0) is 14.0. The molecule has 0 aliphatic heterocycles. The molecule has 2 aromatic rings. The highest BCUT2D eigenvalue weighted by Crippen LogP contribution is 2.23. The molecule has 3 N–H and O–H groups in total. The van der Waals surface area contributed by atoms with E-state index in [-0.39, 0.29) is 17.6 Å². The van der Waals surface area contributed by atoms with Gasteiger partial charge < -0.3 is 11.1 Å². The Morgan fingerprint density at radius 1 is 1.47 bits per heavy atom.